The van der Waals surface area contributed by atoms with Crippen molar-refractivity contribution in [2.24, 2.45) is 0 Å². The van der Waals surface area contributed by atoms with Gasteiger partial charge in [0.2, 0.25) is 5.91 Å². The summed E-state index contributed by atoms with van der Waals surface area (Å²) in [5.74, 6) is -0.779. The average molecular weight is 294 g/mol. The number of alkyl halides is 1. The van der Waals surface area contributed by atoms with E-state index in [9.17, 15) is 9.59 Å². The van der Waals surface area contributed by atoms with Crippen molar-refractivity contribution in [1.29, 1.82) is 0 Å². The quantitative estimate of drug-likeness (QED) is 0.830. The molecular weight excluding hydrogens is 282 g/mol. The van der Waals surface area contributed by atoms with Gasteiger partial charge in [0.15, 0.2) is 0 Å². The van der Waals surface area contributed by atoms with Crippen LogP contribution in [-0.2, 0) is 4.79 Å². The molecule has 0 saturated heterocycles. The summed E-state index contributed by atoms with van der Waals surface area (Å²) in [6.45, 7) is 1.55. The highest BCUT2D eigenvalue weighted by Crippen LogP contribution is 2.16. The van der Waals surface area contributed by atoms with Crippen LogP contribution in [0, 0.1) is 0 Å². The summed E-state index contributed by atoms with van der Waals surface area (Å²) in [6, 6.07) is 6.62. The van der Waals surface area contributed by atoms with Crippen molar-refractivity contribution in [1.82, 2.24) is 14.9 Å². The maximum Gasteiger partial charge on any atom is 0.272 e. The number of aromatic nitrogens is 3. The highest BCUT2D eigenvalue weighted by molar-refractivity contribution is 6.32. The van der Waals surface area contributed by atoms with Gasteiger partial charge in [-0.25, -0.2) is 4.68 Å². The van der Waals surface area contributed by atoms with E-state index in [1.54, 1.807) is 31.2 Å². The van der Waals surface area contributed by atoms with Gasteiger partial charge in [0.05, 0.1) is 11.3 Å². The Morgan fingerprint density at radius 2 is 1.90 bits per heavy atom. The molecule has 0 aliphatic rings. The Labute approximate surface area is 119 Å². The van der Waals surface area contributed by atoms with Crippen LogP contribution in [0.3, 0.4) is 0 Å². The van der Waals surface area contributed by atoms with Gasteiger partial charge in [0.25, 0.3) is 5.91 Å². The molecule has 1 aromatic heterocycles. The predicted octanol–water partition coefficient (Wildman–Crippen LogP) is 1.23. The zero-order chi connectivity index (χ0) is 14.5. The third kappa shape index (κ3) is 3.33. The first-order valence-corrected chi connectivity index (χ1v) is 6.21. The van der Waals surface area contributed by atoms with Gasteiger partial charge in [-0.1, -0.05) is 12.1 Å². The Bertz CT molecular complexity index is 612. The van der Waals surface area contributed by atoms with Crippen molar-refractivity contribution in [2.75, 3.05) is 10.7 Å². The summed E-state index contributed by atoms with van der Waals surface area (Å²) in [5.41, 5.74) is 3.25. The number of hydrogen-bond acceptors (Lipinski definition) is 4. The Morgan fingerprint density at radius 3 is 2.55 bits per heavy atom. The number of benzene rings is 1. The maximum atomic E-state index is 12.1. The number of carbonyl (C=O) groups excluding carboxylic acids is 2. The lowest BCUT2D eigenvalue weighted by molar-refractivity contribution is -0.115. The van der Waals surface area contributed by atoms with Gasteiger partial charge in [-0.3, -0.25) is 15.0 Å². The third-order valence-electron chi connectivity index (χ3n) is 2.44. The van der Waals surface area contributed by atoms with E-state index in [0.717, 1.165) is 0 Å². The van der Waals surface area contributed by atoms with Crippen molar-refractivity contribution in [3.63, 3.8) is 0 Å². The van der Waals surface area contributed by atoms with Gasteiger partial charge in [-0.05, 0) is 19.1 Å². The summed E-state index contributed by atoms with van der Waals surface area (Å²) in [7, 11) is 0. The Hall–Kier alpha value is -2.41. The highest BCUT2D eigenvalue weighted by atomic mass is 35.5. The highest BCUT2D eigenvalue weighted by Gasteiger charge is 2.15. The molecule has 0 radical (unpaired) electrons. The van der Waals surface area contributed by atoms with E-state index in [1.807, 2.05) is 0 Å². The summed E-state index contributed by atoms with van der Waals surface area (Å²) < 4.78 is 1.31. The molecule has 2 rings (SSSR count). The molecule has 0 aliphatic heterocycles. The second-order valence-corrected chi connectivity index (χ2v) is 4.62. The minimum Gasteiger partial charge on any atom is -0.324 e. The first-order chi connectivity index (χ1) is 9.58. The van der Waals surface area contributed by atoms with Crippen molar-refractivity contribution >= 4 is 29.1 Å². The fraction of sp³-hybridized carbons (Fsp3) is 0.167. The van der Waals surface area contributed by atoms with Crippen molar-refractivity contribution in [3.8, 4) is 0 Å². The number of nitrogens with one attached hydrogen (secondary N) is 2. The molecule has 0 spiro atoms. The van der Waals surface area contributed by atoms with Crippen LogP contribution < -0.4 is 10.7 Å². The van der Waals surface area contributed by atoms with Crippen LogP contribution in [0.15, 0.2) is 36.9 Å². The molecule has 1 heterocycles. The van der Waals surface area contributed by atoms with E-state index in [-0.39, 0.29) is 5.91 Å². The summed E-state index contributed by atoms with van der Waals surface area (Å²) in [6.07, 6.45) is 2.69. The number of hydrogen-bond donors (Lipinski definition) is 2. The number of nitrogens with zero attached hydrogens (tertiary/aromatic N) is 3. The summed E-state index contributed by atoms with van der Waals surface area (Å²) in [4.78, 5) is 23.7. The SMILES string of the molecule is C[C@@H](Cl)C(=O)Nc1ccccc1C(=O)Nn1cnnc1. The van der Waals surface area contributed by atoms with E-state index >= 15 is 0 Å². The zero-order valence-electron chi connectivity index (χ0n) is 10.6. The molecular formula is C12H12ClN5O2. The van der Waals surface area contributed by atoms with Crippen LogP contribution in [-0.4, -0.2) is 32.1 Å². The smallest absolute Gasteiger partial charge is 0.272 e. The largest absolute Gasteiger partial charge is 0.324 e. The lowest BCUT2D eigenvalue weighted by Crippen LogP contribution is -2.25. The third-order valence-corrected chi connectivity index (χ3v) is 2.64. The summed E-state index contributed by atoms with van der Waals surface area (Å²) >= 11 is 5.69. The van der Waals surface area contributed by atoms with Crippen LogP contribution in [0.5, 0.6) is 0 Å². The molecule has 7 nitrogen and oxygen atoms in total. The van der Waals surface area contributed by atoms with Crippen LogP contribution in [0.2, 0.25) is 0 Å². The van der Waals surface area contributed by atoms with Crippen molar-refractivity contribution < 1.29 is 9.59 Å². The number of amides is 2. The van der Waals surface area contributed by atoms with E-state index in [0.29, 0.717) is 11.3 Å². The van der Waals surface area contributed by atoms with E-state index in [4.69, 9.17) is 11.6 Å². The van der Waals surface area contributed by atoms with Gasteiger partial charge in [-0.15, -0.1) is 21.8 Å². The molecule has 2 amide bonds. The second kappa shape index (κ2) is 6.16. The molecule has 8 heteroatoms. The normalized spacial score (nSPS) is 11.7. The average Bonchev–Trinajstić information content (AvgIpc) is 2.92. The second-order valence-electron chi connectivity index (χ2n) is 3.96. The van der Waals surface area contributed by atoms with Gasteiger partial charge in [-0.2, -0.15) is 0 Å². The number of para-hydroxylation sites is 1. The first-order valence-electron chi connectivity index (χ1n) is 5.78. The van der Waals surface area contributed by atoms with Crippen LogP contribution in [0.4, 0.5) is 5.69 Å². The molecule has 1 aromatic carbocycles. The molecule has 1 atom stereocenters. The van der Waals surface area contributed by atoms with Gasteiger partial charge in [0.1, 0.15) is 18.0 Å². The van der Waals surface area contributed by atoms with Gasteiger partial charge in [0, 0.05) is 0 Å². The lowest BCUT2D eigenvalue weighted by atomic mass is 10.1. The fourth-order valence-electron chi connectivity index (χ4n) is 1.46. The molecule has 2 N–H and O–H groups in total. The van der Waals surface area contributed by atoms with Gasteiger partial charge < -0.3 is 5.32 Å². The minimum absolute atomic E-state index is 0.312. The van der Waals surface area contributed by atoms with E-state index < -0.39 is 11.3 Å². The predicted molar refractivity (Wildman–Crippen MR) is 74.1 cm³/mol. The number of rotatable bonds is 4. The lowest BCUT2D eigenvalue weighted by Gasteiger charge is -2.12. The van der Waals surface area contributed by atoms with E-state index in [2.05, 4.69) is 20.9 Å². The number of carbonyl (C=O) groups is 2. The minimum atomic E-state index is -0.691. The van der Waals surface area contributed by atoms with Crippen LogP contribution in [0.25, 0.3) is 0 Å². The Kier molecular flexibility index (Phi) is 4.31. The zero-order valence-corrected chi connectivity index (χ0v) is 11.3. The molecule has 0 aliphatic carbocycles. The maximum absolute atomic E-state index is 12.1. The molecule has 2 aromatic rings. The van der Waals surface area contributed by atoms with E-state index in [1.165, 1.54) is 17.3 Å². The van der Waals surface area contributed by atoms with Crippen molar-refractivity contribution in [2.45, 2.75) is 12.3 Å². The van der Waals surface area contributed by atoms with Gasteiger partial charge >= 0.3 is 0 Å². The standard InChI is InChI=1S/C12H12ClN5O2/c1-8(13)11(19)16-10-5-3-2-4-9(10)12(20)17-18-6-14-15-7-18/h2-8H,1H3,(H,16,19)(H,17,20)/t8-/m1/s1. The molecule has 0 fully saturated rings. The number of halogens is 1. The molecule has 0 bridgehead atoms. The molecule has 20 heavy (non-hydrogen) atoms. The molecule has 104 valence electrons. The molecule has 0 unspecified atom stereocenters. The van der Waals surface area contributed by atoms with Crippen LogP contribution >= 0.6 is 11.6 Å². The first kappa shape index (κ1) is 14.0. The monoisotopic (exact) mass is 293 g/mol. The Morgan fingerprint density at radius 1 is 1.25 bits per heavy atom. The molecule has 0 saturated carbocycles. The van der Waals surface area contributed by atoms with Crippen molar-refractivity contribution in [3.05, 3.63) is 42.5 Å². The number of anilines is 1. The topological polar surface area (TPSA) is 88.9 Å². The Balaban J connectivity index is 2.19. The summed E-state index contributed by atoms with van der Waals surface area (Å²) in [5, 5.41) is 9.06. The van der Waals surface area contributed by atoms with Crippen LogP contribution in [0.1, 0.15) is 17.3 Å². The fourth-order valence-corrected chi connectivity index (χ4v) is 1.51.